The van der Waals surface area contributed by atoms with E-state index < -0.39 is 5.97 Å². The SMILES string of the molecule is CCOC(=O)c1cn2c(cc1=O)-c1nc(Cl)c(OCC3CC3)cc1C[C@H]2C(C)(C)C.S. The molecule has 0 unspecified atom stereocenters. The Bertz CT molecular complexity index is 1060. The molecule has 31 heavy (non-hydrogen) atoms. The molecule has 0 aromatic carbocycles. The number of halogens is 1. The lowest BCUT2D eigenvalue weighted by Crippen LogP contribution is -2.33. The summed E-state index contributed by atoms with van der Waals surface area (Å²) in [4.78, 5) is 29.6. The molecule has 2 aromatic rings. The van der Waals surface area contributed by atoms with Gasteiger partial charge >= 0.3 is 5.97 Å². The van der Waals surface area contributed by atoms with Crippen LogP contribution in [0.3, 0.4) is 0 Å². The third-order valence-electron chi connectivity index (χ3n) is 5.76. The molecule has 1 saturated carbocycles. The maximum Gasteiger partial charge on any atom is 0.343 e. The number of aromatic nitrogens is 2. The van der Waals surface area contributed by atoms with Gasteiger partial charge in [0, 0.05) is 18.3 Å². The molecule has 168 valence electrons. The van der Waals surface area contributed by atoms with E-state index in [9.17, 15) is 9.59 Å². The van der Waals surface area contributed by atoms with Gasteiger partial charge in [-0.15, -0.1) is 0 Å². The van der Waals surface area contributed by atoms with E-state index in [0.717, 1.165) is 5.56 Å². The molecule has 3 heterocycles. The van der Waals surface area contributed by atoms with Crippen molar-refractivity contribution in [1.82, 2.24) is 9.55 Å². The largest absolute Gasteiger partial charge is 0.490 e. The van der Waals surface area contributed by atoms with Crippen molar-refractivity contribution >= 4 is 31.1 Å². The fourth-order valence-corrected chi connectivity index (χ4v) is 4.07. The van der Waals surface area contributed by atoms with Crippen LogP contribution >= 0.6 is 25.1 Å². The maximum atomic E-state index is 12.7. The van der Waals surface area contributed by atoms with Gasteiger partial charge in [-0.05, 0) is 49.1 Å². The summed E-state index contributed by atoms with van der Waals surface area (Å²) in [6.07, 6.45) is 4.70. The topological polar surface area (TPSA) is 70.4 Å². The zero-order valence-electron chi connectivity index (χ0n) is 18.3. The lowest BCUT2D eigenvalue weighted by atomic mass is 9.80. The fourth-order valence-electron chi connectivity index (χ4n) is 3.87. The van der Waals surface area contributed by atoms with E-state index in [0.29, 0.717) is 36.1 Å². The van der Waals surface area contributed by atoms with Gasteiger partial charge in [0.15, 0.2) is 16.3 Å². The summed E-state index contributed by atoms with van der Waals surface area (Å²) in [5, 5.41) is 0.289. The predicted octanol–water partition coefficient (Wildman–Crippen LogP) is 4.79. The summed E-state index contributed by atoms with van der Waals surface area (Å²) in [7, 11) is 0. The van der Waals surface area contributed by atoms with E-state index in [2.05, 4.69) is 25.8 Å². The number of nitrogens with zero attached hydrogens (tertiary/aromatic N) is 2. The molecule has 2 aromatic heterocycles. The number of esters is 1. The van der Waals surface area contributed by atoms with Gasteiger partial charge in [0.25, 0.3) is 0 Å². The van der Waals surface area contributed by atoms with Gasteiger partial charge in [-0.2, -0.15) is 13.5 Å². The second-order valence-electron chi connectivity index (χ2n) is 9.19. The van der Waals surface area contributed by atoms with Gasteiger partial charge < -0.3 is 14.0 Å². The van der Waals surface area contributed by atoms with Gasteiger partial charge in [0.2, 0.25) is 0 Å². The van der Waals surface area contributed by atoms with Crippen LogP contribution in [0.1, 0.15) is 62.5 Å². The molecule has 4 rings (SSSR count). The molecule has 1 aliphatic heterocycles. The van der Waals surface area contributed by atoms with Crippen molar-refractivity contribution in [2.24, 2.45) is 11.3 Å². The molecule has 0 spiro atoms. The van der Waals surface area contributed by atoms with Crippen LogP contribution in [0.15, 0.2) is 23.1 Å². The summed E-state index contributed by atoms with van der Waals surface area (Å²) < 4.78 is 13.0. The minimum atomic E-state index is -0.605. The predicted molar refractivity (Wildman–Crippen MR) is 126 cm³/mol. The highest BCUT2D eigenvalue weighted by Gasteiger charge is 2.35. The quantitative estimate of drug-likeness (QED) is 0.470. The molecule has 1 fully saturated rings. The van der Waals surface area contributed by atoms with E-state index in [1.54, 1.807) is 13.1 Å². The van der Waals surface area contributed by atoms with Crippen LogP contribution in [0.2, 0.25) is 5.15 Å². The smallest absolute Gasteiger partial charge is 0.343 e. The molecule has 0 saturated heterocycles. The highest BCUT2D eigenvalue weighted by Crippen LogP contribution is 2.44. The first-order valence-corrected chi connectivity index (χ1v) is 10.8. The van der Waals surface area contributed by atoms with E-state index in [4.69, 9.17) is 21.1 Å². The van der Waals surface area contributed by atoms with Crippen molar-refractivity contribution in [3.63, 3.8) is 0 Å². The van der Waals surface area contributed by atoms with Crippen molar-refractivity contribution in [3.8, 4) is 17.1 Å². The minimum Gasteiger partial charge on any atom is -0.490 e. The molecular weight excluding hydrogens is 436 g/mol. The van der Waals surface area contributed by atoms with Crippen LogP contribution in [0.5, 0.6) is 5.75 Å². The van der Waals surface area contributed by atoms with Gasteiger partial charge in [0.05, 0.1) is 24.6 Å². The highest BCUT2D eigenvalue weighted by atomic mass is 35.5. The Kier molecular flexibility index (Phi) is 6.77. The van der Waals surface area contributed by atoms with E-state index in [-0.39, 0.29) is 47.7 Å². The van der Waals surface area contributed by atoms with E-state index >= 15 is 0 Å². The third kappa shape index (κ3) is 4.77. The molecule has 0 radical (unpaired) electrons. The van der Waals surface area contributed by atoms with Crippen LogP contribution in [0.4, 0.5) is 0 Å². The zero-order valence-corrected chi connectivity index (χ0v) is 20.1. The Morgan fingerprint density at radius 1 is 1.29 bits per heavy atom. The van der Waals surface area contributed by atoms with Gasteiger partial charge in [-0.25, -0.2) is 9.78 Å². The van der Waals surface area contributed by atoms with Crippen molar-refractivity contribution in [2.75, 3.05) is 13.2 Å². The molecule has 8 heteroatoms. The van der Waals surface area contributed by atoms with Gasteiger partial charge in [-0.3, -0.25) is 4.79 Å². The summed E-state index contributed by atoms with van der Waals surface area (Å²) in [6.45, 7) is 9.01. The highest BCUT2D eigenvalue weighted by molar-refractivity contribution is 7.59. The number of hydrogen-bond acceptors (Lipinski definition) is 5. The molecule has 0 N–H and O–H groups in total. The first-order chi connectivity index (χ1) is 14.2. The second-order valence-corrected chi connectivity index (χ2v) is 9.55. The second kappa shape index (κ2) is 8.87. The Morgan fingerprint density at radius 3 is 2.61 bits per heavy atom. The molecule has 1 aliphatic carbocycles. The number of pyridine rings is 2. The molecule has 0 amide bonds. The van der Waals surface area contributed by atoms with Gasteiger partial charge in [0.1, 0.15) is 5.56 Å². The lowest BCUT2D eigenvalue weighted by molar-refractivity contribution is 0.0523. The standard InChI is InChI=1S/C23H27ClN2O4.H2S/c1-5-29-22(28)15-11-26-16(10-17(15)27)20-14(9-19(26)23(2,3)4)8-18(21(24)25-20)30-12-13-6-7-13;/h8,10-11,13,19H,5-7,9,12H2,1-4H3;1H2/t19-;/m0./s1. The zero-order chi connectivity index (χ0) is 21.6. The average Bonchev–Trinajstić information content (AvgIpc) is 3.49. The number of carbonyl (C=O) groups excluding carboxylic acids is 1. The fraction of sp³-hybridized carbons (Fsp3) is 0.522. The van der Waals surface area contributed by atoms with Crippen LogP contribution in [-0.4, -0.2) is 28.7 Å². The molecule has 2 aliphatic rings. The number of rotatable bonds is 5. The van der Waals surface area contributed by atoms with E-state index in [1.807, 2.05) is 10.6 Å². The molecule has 1 atom stereocenters. The van der Waals surface area contributed by atoms with Crippen molar-refractivity contribution in [1.29, 1.82) is 0 Å². The van der Waals surface area contributed by atoms with Crippen molar-refractivity contribution < 1.29 is 14.3 Å². The molecular formula is C23H29ClN2O4S. The Labute approximate surface area is 194 Å². The van der Waals surface area contributed by atoms with E-state index in [1.165, 1.54) is 18.9 Å². The first-order valence-electron chi connectivity index (χ1n) is 10.4. The average molecular weight is 465 g/mol. The van der Waals surface area contributed by atoms with Crippen molar-refractivity contribution in [3.05, 3.63) is 44.8 Å². The normalized spacial score (nSPS) is 17.3. The van der Waals surface area contributed by atoms with Gasteiger partial charge in [-0.1, -0.05) is 32.4 Å². The third-order valence-corrected chi connectivity index (χ3v) is 6.03. The molecule has 0 bridgehead atoms. The molecule has 6 nitrogen and oxygen atoms in total. The summed E-state index contributed by atoms with van der Waals surface area (Å²) in [5.41, 5.74) is 1.84. The van der Waals surface area contributed by atoms with Crippen LogP contribution < -0.4 is 10.2 Å². The monoisotopic (exact) mass is 464 g/mol. The van der Waals surface area contributed by atoms with Crippen LogP contribution in [0.25, 0.3) is 11.4 Å². The summed E-state index contributed by atoms with van der Waals surface area (Å²) >= 11 is 6.42. The lowest BCUT2D eigenvalue weighted by Gasteiger charge is -2.38. The maximum absolute atomic E-state index is 12.7. The van der Waals surface area contributed by atoms with Crippen molar-refractivity contribution in [2.45, 2.75) is 53.0 Å². The Morgan fingerprint density at radius 2 is 2.00 bits per heavy atom. The number of carbonyl (C=O) groups is 1. The minimum absolute atomic E-state index is 0. The number of hydrogen-bond donors (Lipinski definition) is 0. The van der Waals surface area contributed by atoms with Crippen LogP contribution in [-0.2, 0) is 11.2 Å². The number of ether oxygens (including phenoxy) is 2. The van der Waals surface area contributed by atoms with Crippen LogP contribution in [0, 0.1) is 11.3 Å². The summed E-state index contributed by atoms with van der Waals surface area (Å²) in [6, 6.07) is 3.45. The first kappa shape index (κ1) is 23.7. The summed E-state index contributed by atoms with van der Waals surface area (Å²) in [5.74, 6) is 0.597. The Hall–Kier alpha value is -1.99. The number of fused-ring (bicyclic) bond motifs is 3. The Balaban J connectivity index is 0.00000272.